The van der Waals surface area contributed by atoms with Crippen LogP contribution in [0.1, 0.15) is 0 Å². The number of para-hydroxylation sites is 1. The molecule has 1 unspecified atom stereocenters. The van der Waals surface area contributed by atoms with Crippen molar-refractivity contribution >= 4 is 31.5 Å². The van der Waals surface area contributed by atoms with Gasteiger partial charge in [0.15, 0.2) is 0 Å². The standard InChI is InChI=1S/C7H9OP.BrH/c1-8-6-4-2-3-5-7(6)9;/h2-5H,9H2,1H3;1H. The third-order valence-electron chi connectivity index (χ3n) is 1.14. The minimum absolute atomic E-state index is 0. The van der Waals surface area contributed by atoms with Gasteiger partial charge in [0.1, 0.15) is 5.75 Å². The molecule has 1 nitrogen and oxygen atoms in total. The average molecular weight is 221 g/mol. The minimum Gasteiger partial charge on any atom is -0.496 e. The van der Waals surface area contributed by atoms with Gasteiger partial charge in [-0.05, 0) is 6.07 Å². The highest BCUT2D eigenvalue weighted by Crippen LogP contribution is 2.07. The van der Waals surface area contributed by atoms with E-state index >= 15 is 0 Å². The van der Waals surface area contributed by atoms with Gasteiger partial charge in [-0.3, -0.25) is 0 Å². The van der Waals surface area contributed by atoms with Gasteiger partial charge in [-0.15, -0.1) is 26.2 Å². The van der Waals surface area contributed by atoms with E-state index in [1.54, 1.807) is 7.11 Å². The normalized spacial score (nSPS) is 8.20. The van der Waals surface area contributed by atoms with Gasteiger partial charge in [0.2, 0.25) is 0 Å². The monoisotopic (exact) mass is 220 g/mol. The lowest BCUT2D eigenvalue weighted by Crippen LogP contribution is -1.95. The molecule has 0 aromatic heterocycles. The van der Waals surface area contributed by atoms with Crippen molar-refractivity contribution in [3.8, 4) is 5.75 Å². The van der Waals surface area contributed by atoms with Gasteiger partial charge in [-0.2, -0.15) is 0 Å². The summed E-state index contributed by atoms with van der Waals surface area (Å²) in [5.41, 5.74) is 0. The molecular weight excluding hydrogens is 211 g/mol. The summed E-state index contributed by atoms with van der Waals surface area (Å²) in [5.74, 6) is 0.919. The zero-order valence-electron chi connectivity index (χ0n) is 5.70. The van der Waals surface area contributed by atoms with Crippen molar-refractivity contribution in [2.75, 3.05) is 7.11 Å². The lowest BCUT2D eigenvalue weighted by molar-refractivity contribution is 0.418. The molecule has 0 fully saturated rings. The summed E-state index contributed by atoms with van der Waals surface area (Å²) >= 11 is 0. The van der Waals surface area contributed by atoms with Crippen molar-refractivity contribution in [1.29, 1.82) is 0 Å². The second-order valence-electron chi connectivity index (χ2n) is 1.74. The molecule has 1 aromatic carbocycles. The van der Waals surface area contributed by atoms with Crippen LogP contribution < -0.4 is 10.0 Å². The third kappa shape index (κ3) is 2.28. The Hall–Kier alpha value is -0.0700. The van der Waals surface area contributed by atoms with E-state index in [2.05, 4.69) is 9.24 Å². The van der Waals surface area contributed by atoms with Crippen molar-refractivity contribution in [2.45, 2.75) is 0 Å². The quantitative estimate of drug-likeness (QED) is 0.656. The van der Waals surface area contributed by atoms with E-state index in [9.17, 15) is 0 Å². The number of halogens is 1. The molecule has 0 aliphatic carbocycles. The summed E-state index contributed by atoms with van der Waals surface area (Å²) in [6.45, 7) is 0. The van der Waals surface area contributed by atoms with Gasteiger partial charge in [-0.25, -0.2) is 0 Å². The Kier molecular flexibility index (Phi) is 4.67. The van der Waals surface area contributed by atoms with E-state index in [4.69, 9.17) is 4.74 Å². The van der Waals surface area contributed by atoms with Crippen LogP contribution in [0.3, 0.4) is 0 Å². The zero-order valence-corrected chi connectivity index (χ0v) is 8.57. The molecule has 0 bridgehead atoms. The summed E-state index contributed by atoms with van der Waals surface area (Å²) < 4.78 is 5.02. The minimum atomic E-state index is 0. The predicted molar refractivity (Wildman–Crippen MR) is 52.7 cm³/mol. The van der Waals surface area contributed by atoms with E-state index in [-0.39, 0.29) is 17.0 Å². The van der Waals surface area contributed by atoms with Crippen LogP contribution in [0.2, 0.25) is 0 Å². The maximum atomic E-state index is 5.02. The molecule has 3 heteroatoms. The largest absolute Gasteiger partial charge is 0.496 e. The van der Waals surface area contributed by atoms with Crippen molar-refractivity contribution < 1.29 is 4.74 Å². The highest BCUT2D eigenvalue weighted by atomic mass is 79.9. The van der Waals surface area contributed by atoms with Gasteiger partial charge in [0, 0.05) is 5.30 Å². The molecule has 0 aliphatic heterocycles. The van der Waals surface area contributed by atoms with E-state index in [1.165, 1.54) is 0 Å². The van der Waals surface area contributed by atoms with Crippen LogP contribution in [-0.2, 0) is 0 Å². The SMILES string of the molecule is Br.COc1ccccc1P. The Morgan fingerprint density at radius 3 is 2.30 bits per heavy atom. The first-order valence-electron chi connectivity index (χ1n) is 2.73. The average Bonchev–Trinajstić information content (AvgIpc) is 1.89. The molecule has 1 aromatic rings. The lowest BCUT2D eigenvalue weighted by Gasteiger charge is -2.00. The first-order valence-corrected chi connectivity index (χ1v) is 3.31. The Labute approximate surface area is 73.8 Å². The Morgan fingerprint density at radius 1 is 1.30 bits per heavy atom. The fraction of sp³-hybridized carbons (Fsp3) is 0.143. The fourth-order valence-corrected chi connectivity index (χ4v) is 0.992. The molecule has 0 aliphatic rings. The lowest BCUT2D eigenvalue weighted by atomic mass is 10.3. The smallest absolute Gasteiger partial charge is 0.125 e. The molecule has 1 rings (SSSR count). The second-order valence-corrected chi connectivity index (χ2v) is 2.36. The van der Waals surface area contributed by atoms with Gasteiger partial charge in [0.25, 0.3) is 0 Å². The van der Waals surface area contributed by atoms with Crippen molar-refractivity contribution in [3.63, 3.8) is 0 Å². The van der Waals surface area contributed by atoms with E-state index in [0.29, 0.717) is 0 Å². The second kappa shape index (κ2) is 4.70. The van der Waals surface area contributed by atoms with Crippen LogP contribution in [0.25, 0.3) is 0 Å². The maximum Gasteiger partial charge on any atom is 0.125 e. The zero-order chi connectivity index (χ0) is 6.69. The van der Waals surface area contributed by atoms with Crippen LogP contribution in [0.15, 0.2) is 24.3 Å². The number of benzene rings is 1. The summed E-state index contributed by atoms with van der Waals surface area (Å²) in [5, 5.41) is 1.10. The molecule has 0 radical (unpaired) electrons. The highest BCUT2D eigenvalue weighted by molar-refractivity contribution is 8.93. The third-order valence-corrected chi connectivity index (χ3v) is 1.62. The molecule has 1 atom stereocenters. The topological polar surface area (TPSA) is 9.23 Å². The molecule has 0 saturated heterocycles. The summed E-state index contributed by atoms with van der Waals surface area (Å²) in [6.07, 6.45) is 0. The van der Waals surface area contributed by atoms with E-state index in [1.807, 2.05) is 24.3 Å². The molecule has 10 heavy (non-hydrogen) atoms. The van der Waals surface area contributed by atoms with Crippen molar-refractivity contribution in [2.24, 2.45) is 0 Å². The van der Waals surface area contributed by atoms with Crippen molar-refractivity contribution in [1.82, 2.24) is 0 Å². The van der Waals surface area contributed by atoms with Crippen LogP contribution in [0.5, 0.6) is 5.75 Å². The van der Waals surface area contributed by atoms with Crippen molar-refractivity contribution in [3.05, 3.63) is 24.3 Å². The summed E-state index contributed by atoms with van der Waals surface area (Å²) in [7, 11) is 4.28. The van der Waals surface area contributed by atoms with Crippen LogP contribution in [0.4, 0.5) is 0 Å². The fourth-order valence-electron chi connectivity index (χ4n) is 0.666. The molecule has 0 amide bonds. The summed E-state index contributed by atoms with van der Waals surface area (Å²) in [4.78, 5) is 0. The van der Waals surface area contributed by atoms with E-state index < -0.39 is 0 Å². The molecular formula is C7H10BrOP. The first-order chi connectivity index (χ1) is 4.34. The molecule has 56 valence electrons. The van der Waals surface area contributed by atoms with Gasteiger partial charge in [0.05, 0.1) is 7.11 Å². The number of ether oxygens (including phenoxy) is 1. The maximum absolute atomic E-state index is 5.02. The van der Waals surface area contributed by atoms with Gasteiger partial charge in [-0.1, -0.05) is 18.2 Å². The Morgan fingerprint density at radius 2 is 1.90 bits per heavy atom. The number of hydrogen-bond donors (Lipinski definition) is 0. The molecule has 0 N–H and O–H groups in total. The predicted octanol–water partition coefficient (Wildman–Crippen LogP) is 1.77. The van der Waals surface area contributed by atoms with Crippen LogP contribution in [-0.4, -0.2) is 7.11 Å². The molecule has 0 spiro atoms. The van der Waals surface area contributed by atoms with Gasteiger partial charge < -0.3 is 4.74 Å². The van der Waals surface area contributed by atoms with Crippen LogP contribution >= 0.6 is 26.2 Å². The van der Waals surface area contributed by atoms with E-state index in [0.717, 1.165) is 11.1 Å². The summed E-state index contributed by atoms with van der Waals surface area (Å²) in [6, 6.07) is 7.85. The Balaban J connectivity index is 0.000000810. The number of methoxy groups -OCH3 is 1. The number of rotatable bonds is 1. The highest BCUT2D eigenvalue weighted by Gasteiger charge is 1.91. The molecule has 0 heterocycles. The molecule has 0 saturated carbocycles. The van der Waals surface area contributed by atoms with Crippen LogP contribution in [0, 0.1) is 0 Å². The Bertz CT molecular complexity index is 203. The number of hydrogen-bond acceptors (Lipinski definition) is 1. The van der Waals surface area contributed by atoms with Gasteiger partial charge >= 0.3 is 0 Å². The first kappa shape index (κ1) is 9.93.